The van der Waals surface area contributed by atoms with Crippen LogP contribution >= 0.6 is 23.2 Å². The van der Waals surface area contributed by atoms with E-state index >= 15 is 0 Å². The Morgan fingerprint density at radius 1 is 1.26 bits per heavy atom. The highest BCUT2D eigenvalue weighted by atomic mass is 35.5. The standard InChI is InChI=1S/C18H20Cl2N2O5/c1-10(26-13-6-5-11(19)7-12(13)20)17(24)25-9-15(23)21-16-8-14(22-27-16)18(2,3)4/h5-8,10H,9H2,1-4H3,(H,21,23)/t10-/m0/s1. The molecule has 1 N–H and O–H groups in total. The van der Waals surface area contributed by atoms with Gasteiger partial charge in [-0.25, -0.2) is 4.79 Å². The minimum atomic E-state index is -0.964. The first kappa shape index (κ1) is 21.1. The van der Waals surface area contributed by atoms with Crippen LogP contribution in [0.15, 0.2) is 28.8 Å². The molecule has 0 radical (unpaired) electrons. The Bertz CT molecular complexity index is 829. The van der Waals surface area contributed by atoms with Crippen molar-refractivity contribution in [1.29, 1.82) is 0 Å². The van der Waals surface area contributed by atoms with Gasteiger partial charge in [0.25, 0.3) is 5.91 Å². The lowest BCUT2D eigenvalue weighted by atomic mass is 9.92. The molecule has 1 aromatic carbocycles. The summed E-state index contributed by atoms with van der Waals surface area (Å²) in [6, 6.07) is 6.23. The molecule has 0 fully saturated rings. The number of carbonyl (C=O) groups is 2. The number of amides is 1. The molecule has 0 saturated heterocycles. The largest absolute Gasteiger partial charge is 0.477 e. The molecule has 1 heterocycles. The normalized spacial score (nSPS) is 12.4. The van der Waals surface area contributed by atoms with Crippen molar-refractivity contribution in [2.45, 2.75) is 39.2 Å². The average molecular weight is 415 g/mol. The van der Waals surface area contributed by atoms with Crippen molar-refractivity contribution < 1.29 is 23.6 Å². The Hall–Kier alpha value is -2.25. The Morgan fingerprint density at radius 3 is 2.56 bits per heavy atom. The second kappa shape index (κ2) is 8.63. The van der Waals surface area contributed by atoms with Gasteiger partial charge in [-0.2, -0.15) is 0 Å². The van der Waals surface area contributed by atoms with Gasteiger partial charge in [0.2, 0.25) is 5.88 Å². The average Bonchev–Trinajstić information content (AvgIpc) is 3.03. The maximum atomic E-state index is 12.0. The van der Waals surface area contributed by atoms with Crippen molar-refractivity contribution in [2.24, 2.45) is 0 Å². The Labute approximate surface area is 166 Å². The minimum Gasteiger partial charge on any atom is -0.477 e. The first-order chi connectivity index (χ1) is 12.6. The van der Waals surface area contributed by atoms with Crippen molar-refractivity contribution in [1.82, 2.24) is 5.16 Å². The van der Waals surface area contributed by atoms with E-state index in [1.807, 2.05) is 20.8 Å². The van der Waals surface area contributed by atoms with Gasteiger partial charge in [0, 0.05) is 16.5 Å². The number of esters is 1. The van der Waals surface area contributed by atoms with Crippen molar-refractivity contribution in [3.05, 3.63) is 40.0 Å². The zero-order valence-corrected chi connectivity index (χ0v) is 16.9. The predicted octanol–water partition coefficient (Wildman–Crippen LogP) is 4.23. The van der Waals surface area contributed by atoms with Crippen LogP contribution < -0.4 is 10.1 Å². The predicted molar refractivity (Wildman–Crippen MR) is 101 cm³/mol. The van der Waals surface area contributed by atoms with Crippen molar-refractivity contribution in [3.63, 3.8) is 0 Å². The number of anilines is 1. The fraction of sp³-hybridized carbons (Fsp3) is 0.389. The molecule has 7 nitrogen and oxygen atoms in total. The van der Waals surface area contributed by atoms with Crippen LogP contribution in [0.2, 0.25) is 10.0 Å². The summed E-state index contributed by atoms with van der Waals surface area (Å²) in [6.45, 7) is 6.88. The highest BCUT2D eigenvalue weighted by molar-refractivity contribution is 6.35. The molecule has 0 spiro atoms. The number of rotatable bonds is 6. The first-order valence-corrected chi connectivity index (χ1v) is 8.87. The molecule has 27 heavy (non-hydrogen) atoms. The number of carbonyl (C=O) groups excluding carboxylic acids is 2. The quantitative estimate of drug-likeness (QED) is 0.711. The van der Waals surface area contributed by atoms with E-state index in [1.165, 1.54) is 19.1 Å². The van der Waals surface area contributed by atoms with Gasteiger partial charge in [0.05, 0.1) is 10.7 Å². The van der Waals surface area contributed by atoms with E-state index in [-0.39, 0.29) is 22.1 Å². The molecule has 1 amide bonds. The van der Waals surface area contributed by atoms with Gasteiger partial charge in [-0.05, 0) is 25.1 Å². The maximum absolute atomic E-state index is 12.0. The number of nitrogens with zero attached hydrogens (tertiary/aromatic N) is 1. The molecule has 0 aliphatic heterocycles. The number of nitrogens with one attached hydrogen (secondary N) is 1. The van der Waals surface area contributed by atoms with E-state index in [0.29, 0.717) is 10.7 Å². The summed E-state index contributed by atoms with van der Waals surface area (Å²) in [5.74, 6) is -0.814. The van der Waals surface area contributed by atoms with Crippen molar-refractivity contribution >= 4 is 41.0 Å². The molecule has 9 heteroatoms. The molecular formula is C18H20Cl2N2O5. The van der Waals surface area contributed by atoms with E-state index in [0.717, 1.165) is 0 Å². The molecule has 2 rings (SSSR count). The number of ether oxygens (including phenoxy) is 2. The van der Waals surface area contributed by atoms with Gasteiger partial charge in [0.1, 0.15) is 5.75 Å². The van der Waals surface area contributed by atoms with Crippen LogP contribution in [0.1, 0.15) is 33.4 Å². The second-order valence-corrected chi connectivity index (χ2v) is 7.66. The molecule has 1 aromatic heterocycles. The molecule has 0 saturated carbocycles. The maximum Gasteiger partial charge on any atom is 0.347 e. The van der Waals surface area contributed by atoms with Crippen LogP contribution in [0.25, 0.3) is 0 Å². The molecule has 2 aromatic rings. The first-order valence-electron chi connectivity index (χ1n) is 8.11. The second-order valence-electron chi connectivity index (χ2n) is 6.82. The lowest BCUT2D eigenvalue weighted by Gasteiger charge is -2.14. The van der Waals surface area contributed by atoms with Gasteiger partial charge < -0.3 is 14.0 Å². The smallest absolute Gasteiger partial charge is 0.347 e. The van der Waals surface area contributed by atoms with Crippen molar-refractivity contribution in [2.75, 3.05) is 11.9 Å². The number of aromatic nitrogens is 1. The van der Waals surface area contributed by atoms with Gasteiger partial charge in [-0.3, -0.25) is 10.1 Å². The lowest BCUT2D eigenvalue weighted by Crippen LogP contribution is -2.29. The molecule has 0 bridgehead atoms. The number of hydrogen-bond donors (Lipinski definition) is 1. The topological polar surface area (TPSA) is 90.7 Å². The fourth-order valence-corrected chi connectivity index (χ4v) is 2.38. The summed E-state index contributed by atoms with van der Waals surface area (Å²) >= 11 is 11.8. The fourth-order valence-electron chi connectivity index (χ4n) is 1.92. The number of halogens is 2. The lowest BCUT2D eigenvalue weighted by molar-refractivity contribution is -0.153. The third-order valence-corrected chi connectivity index (χ3v) is 3.95. The zero-order valence-electron chi connectivity index (χ0n) is 15.3. The van der Waals surface area contributed by atoms with E-state index < -0.39 is 24.6 Å². The molecule has 0 aliphatic rings. The van der Waals surface area contributed by atoms with Gasteiger partial charge in [0.15, 0.2) is 12.7 Å². The highest BCUT2D eigenvalue weighted by Crippen LogP contribution is 2.28. The summed E-state index contributed by atoms with van der Waals surface area (Å²) in [5, 5.41) is 7.07. The van der Waals surface area contributed by atoms with E-state index in [9.17, 15) is 9.59 Å². The summed E-state index contributed by atoms with van der Waals surface area (Å²) < 4.78 is 15.4. The summed E-state index contributed by atoms with van der Waals surface area (Å²) in [6.07, 6.45) is -0.964. The Morgan fingerprint density at radius 2 is 1.96 bits per heavy atom. The molecule has 0 unspecified atom stereocenters. The van der Waals surface area contributed by atoms with Crippen LogP contribution in [-0.2, 0) is 19.7 Å². The van der Waals surface area contributed by atoms with Crippen LogP contribution in [0, 0.1) is 0 Å². The summed E-state index contributed by atoms with van der Waals surface area (Å²) in [4.78, 5) is 23.9. The Balaban J connectivity index is 1.83. The van der Waals surface area contributed by atoms with Gasteiger partial charge in [-0.1, -0.05) is 49.1 Å². The molecule has 0 aliphatic carbocycles. The summed E-state index contributed by atoms with van der Waals surface area (Å²) in [5.41, 5.74) is 0.478. The van der Waals surface area contributed by atoms with E-state index in [2.05, 4.69) is 10.5 Å². The minimum absolute atomic E-state index is 0.179. The SMILES string of the molecule is C[C@H](Oc1ccc(Cl)cc1Cl)C(=O)OCC(=O)Nc1cc(C(C)(C)C)no1. The van der Waals surface area contributed by atoms with E-state index in [4.69, 9.17) is 37.2 Å². The highest BCUT2D eigenvalue weighted by Gasteiger charge is 2.21. The molecular weight excluding hydrogens is 395 g/mol. The van der Waals surface area contributed by atoms with Crippen LogP contribution in [0.3, 0.4) is 0 Å². The Kier molecular flexibility index (Phi) is 6.73. The van der Waals surface area contributed by atoms with Crippen LogP contribution in [0.4, 0.5) is 5.88 Å². The van der Waals surface area contributed by atoms with Crippen LogP contribution in [0.5, 0.6) is 5.75 Å². The zero-order chi connectivity index (χ0) is 20.2. The molecule has 1 atom stereocenters. The van der Waals surface area contributed by atoms with E-state index in [1.54, 1.807) is 12.1 Å². The third-order valence-electron chi connectivity index (χ3n) is 3.42. The van der Waals surface area contributed by atoms with Gasteiger partial charge >= 0.3 is 5.97 Å². The van der Waals surface area contributed by atoms with Gasteiger partial charge in [-0.15, -0.1) is 0 Å². The third kappa shape index (κ3) is 6.15. The number of benzene rings is 1. The monoisotopic (exact) mass is 414 g/mol. The summed E-state index contributed by atoms with van der Waals surface area (Å²) in [7, 11) is 0. The van der Waals surface area contributed by atoms with Crippen LogP contribution in [-0.4, -0.2) is 29.7 Å². The molecule has 146 valence electrons. The van der Waals surface area contributed by atoms with Crippen molar-refractivity contribution in [3.8, 4) is 5.75 Å². The number of hydrogen-bond acceptors (Lipinski definition) is 6.